The molecule has 1 aliphatic rings. The molecule has 1 aliphatic heterocycles. The van der Waals surface area contributed by atoms with Crippen molar-refractivity contribution >= 4 is 11.7 Å². The van der Waals surface area contributed by atoms with Gasteiger partial charge in [-0.1, -0.05) is 12.1 Å². The maximum absolute atomic E-state index is 11.8. The Hall–Kier alpha value is -1.59. The van der Waals surface area contributed by atoms with Crippen LogP contribution < -0.4 is 10.2 Å². The lowest BCUT2D eigenvalue weighted by molar-refractivity contribution is 0.0599. The third-order valence-electron chi connectivity index (χ3n) is 3.29. The van der Waals surface area contributed by atoms with Crippen molar-refractivity contribution in [2.24, 2.45) is 0 Å². The summed E-state index contributed by atoms with van der Waals surface area (Å²) in [5.74, 6) is -0.301. The lowest BCUT2D eigenvalue weighted by atomic mass is 10.1. The van der Waals surface area contributed by atoms with E-state index in [-0.39, 0.29) is 12.0 Å². The number of nitrogens with one attached hydrogen (secondary N) is 1. The number of benzene rings is 1. The molecule has 0 spiro atoms. The molecule has 19 heavy (non-hydrogen) atoms. The van der Waals surface area contributed by atoms with Crippen LogP contribution in [0.3, 0.4) is 0 Å². The predicted octanol–water partition coefficient (Wildman–Crippen LogP) is 0.898. The van der Waals surface area contributed by atoms with Gasteiger partial charge >= 0.3 is 5.97 Å². The smallest absolute Gasteiger partial charge is 0.339 e. The van der Waals surface area contributed by atoms with Crippen molar-refractivity contribution in [3.63, 3.8) is 0 Å². The van der Waals surface area contributed by atoms with Crippen molar-refractivity contribution in [3.05, 3.63) is 29.8 Å². The summed E-state index contributed by atoms with van der Waals surface area (Å²) in [6.45, 7) is 2.93. The van der Waals surface area contributed by atoms with Crippen LogP contribution in [0.5, 0.6) is 0 Å². The Morgan fingerprint density at radius 1 is 1.53 bits per heavy atom. The van der Waals surface area contributed by atoms with Crippen LogP contribution in [0.15, 0.2) is 24.3 Å². The Balaban J connectivity index is 2.30. The number of morpholine rings is 1. The maximum Gasteiger partial charge on any atom is 0.339 e. The van der Waals surface area contributed by atoms with Crippen LogP contribution in [0, 0.1) is 0 Å². The highest BCUT2D eigenvalue weighted by Gasteiger charge is 2.26. The summed E-state index contributed by atoms with van der Waals surface area (Å²) in [6, 6.07) is 7.77. The molecule has 1 atom stereocenters. The molecular weight excluding hydrogens is 244 g/mol. The van der Waals surface area contributed by atoms with Crippen molar-refractivity contribution in [2.75, 3.05) is 45.4 Å². The van der Waals surface area contributed by atoms with Crippen molar-refractivity contribution < 1.29 is 14.3 Å². The molecule has 2 rings (SSSR count). The lowest BCUT2D eigenvalue weighted by Gasteiger charge is -2.38. The fraction of sp³-hybridized carbons (Fsp3) is 0.500. The maximum atomic E-state index is 11.8. The Morgan fingerprint density at radius 2 is 2.32 bits per heavy atom. The highest BCUT2D eigenvalue weighted by Crippen LogP contribution is 2.24. The zero-order valence-corrected chi connectivity index (χ0v) is 11.4. The fourth-order valence-corrected chi connectivity index (χ4v) is 2.38. The van der Waals surface area contributed by atoms with Crippen molar-refractivity contribution in [3.8, 4) is 0 Å². The van der Waals surface area contributed by atoms with E-state index in [0.29, 0.717) is 18.8 Å². The van der Waals surface area contributed by atoms with Gasteiger partial charge in [0.2, 0.25) is 0 Å². The van der Waals surface area contributed by atoms with Crippen LogP contribution in [0.25, 0.3) is 0 Å². The van der Waals surface area contributed by atoms with Gasteiger partial charge in [-0.3, -0.25) is 0 Å². The molecule has 1 aromatic carbocycles. The number of carbonyl (C=O) groups is 1. The van der Waals surface area contributed by atoms with Crippen molar-refractivity contribution in [1.82, 2.24) is 5.32 Å². The minimum atomic E-state index is -0.301. The lowest BCUT2D eigenvalue weighted by Crippen LogP contribution is -2.50. The van der Waals surface area contributed by atoms with E-state index in [1.54, 1.807) is 6.07 Å². The van der Waals surface area contributed by atoms with Crippen LogP contribution in [0.4, 0.5) is 5.69 Å². The predicted molar refractivity (Wildman–Crippen MR) is 73.7 cm³/mol. The first-order chi connectivity index (χ1) is 9.27. The zero-order chi connectivity index (χ0) is 13.7. The standard InChI is InChI=1S/C14H20N2O3/c1-15-9-11-10-19-8-7-16(11)13-6-4-3-5-12(13)14(17)18-2/h3-6,11,15H,7-10H2,1-2H3. The molecule has 5 heteroatoms. The number of likely N-dealkylation sites (N-methyl/N-ethyl adjacent to an activating group) is 1. The van der Waals surface area contributed by atoms with Gasteiger partial charge in [-0.2, -0.15) is 0 Å². The second-order valence-corrected chi connectivity index (χ2v) is 4.49. The van der Waals surface area contributed by atoms with Gasteiger partial charge in [0.05, 0.1) is 37.6 Å². The number of methoxy groups -OCH3 is 1. The number of para-hydroxylation sites is 1. The summed E-state index contributed by atoms with van der Waals surface area (Å²) in [4.78, 5) is 14.1. The SMILES string of the molecule is CNCC1COCCN1c1ccccc1C(=O)OC. The van der Waals surface area contributed by atoms with Gasteiger partial charge in [0, 0.05) is 13.1 Å². The molecule has 0 aliphatic carbocycles. The minimum Gasteiger partial charge on any atom is -0.465 e. The number of hydrogen-bond acceptors (Lipinski definition) is 5. The van der Waals surface area contributed by atoms with Crippen LogP contribution in [0.1, 0.15) is 10.4 Å². The van der Waals surface area contributed by atoms with Crippen LogP contribution in [-0.2, 0) is 9.47 Å². The molecule has 1 saturated heterocycles. The van der Waals surface area contributed by atoms with E-state index in [1.165, 1.54) is 7.11 Å². The van der Waals surface area contributed by atoms with E-state index < -0.39 is 0 Å². The van der Waals surface area contributed by atoms with Gasteiger partial charge in [-0.25, -0.2) is 4.79 Å². The number of anilines is 1. The molecule has 5 nitrogen and oxygen atoms in total. The van der Waals surface area contributed by atoms with Gasteiger partial charge in [0.25, 0.3) is 0 Å². The Morgan fingerprint density at radius 3 is 3.05 bits per heavy atom. The van der Waals surface area contributed by atoms with E-state index in [0.717, 1.165) is 18.8 Å². The Bertz CT molecular complexity index is 434. The largest absolute Gasteiger partial charge is 0.465 e. The first-order valence-electron chi connectivity index (χ1n) is 6.44. The van der Waals surface area contributed by atoms with E-state index in [9.17, 15) is 4.79 Å². The van der Waals surface area contributed by atoms with Gasteiger partial charge in [0.15, 0.2) is 0 Å². The van der Waals surface area contributed by atoms with E-state index >= 15 is 0 Å². The number of esters is 1. The van der Waals surface area contributed by atoms with E-state index in [2.05, 4.69) is 10.2 Å². The van der Waals surface area contributed by atoms with Crippen LogP contribution in [0.2, 0.25) is 0 Å². The van der Waals surface area contributed by atoms with Gasteiger partial charge < -0.3 is 19.7 Å². The summed E-state index contributed by atoms with van der Waals surface area (Å²) in [6.07, 6.45) is 0. The highest BCUT2D eigenvalue weighted by molar-refractivity contribution is 5.95. The second-order valence-electron chi connectivity index (χ2n) is 4.49. The number of rotatable bonds is 4. The van der Waals surface area contributed by atoms with Gasteiger partial charge in [-0.05, 0) is 19.2 Å². The first kappa shape index (κ1) is 13.8. The Labute approximate surface area is 113 Å². The third-order valence-corrected chi connectivity index (χ3v) is 3.29. The number of nitrogens with zero attached hydrogens (tertiary/aromatic N) is 1. The molecule has 0 bridgehead atoms. The molecule has 1 heterocycles. The summed E-state index contributed by atoms with van der Waals surface area (Å²) in [7, 11) is 3.32. The summed E-state index contributed by atoms with van der Waals surface area (Å²) < 4.78 is 10.4. The quantitative estimate of drug-likeness (QED) is 0.819. The topological polar surface area (TPSA) is 50.8 Å². The zero-order valence-electron chi connectivity index (χ0n) is 11.4. The molecule has 104 valence electrons. The average molecular weight is 264 g/mol. The fourth-order valence-electron chi connectivity index (χ4n) is 2.38. The van der Waals surface area contributed by atoms with E-state index in [1.807, 2.05) is 25.2 Å². The average Bonchev–Trinajstić information content (AvgIpc) is 2.47. The number of carbonyl (C=O) groups excluding carboxylic acids is 1. The molecule has 1 fully saturated rings. The first-order valence-corrected chi connectivity index (χ1v) is 6.44. The van der Waals surface area contributed by atoms with Crippen LogP contribution >= 0.6 is 0 Å². The van der Waals surface area contributed by atoms with Crippen LogP contribution in [-0.4, -0.2) is 52.5 Å². The molecule has 0 amide bonds. The molecule has 0 aromatic heterocycles. The monoisotopic (exact) mass is 264 g/mol. The molecule has 0 saturated carbocycles. The van der Waals surface area contributed by atoms with Crippen molar-refractivity contribution in [1.29, 1.82) is 0 Å². The summed E-state index contributed by atoms with van der Waals surface area (Å²) in [5.41, 5.74) is 1.52. The van der Waals surface area contributed by atoms with Gasteiger partial charge in [0.1, 0.15) is 0 Å². The third kappa shape index (κ3) is 3.05. The molecule has 0 radical (unpaired) electrons. The molecular formula is C14H20N2O3. The minimum absolute atomic E-state index is 0.226. The molecule has 1 aromatic rings. The summed E-state index contributed by atoms with van der Waals surface area (Å²) in [5, 5.41) is 3.16. The normalized spacial score (nSPS) is 19.3. The molecule has 1 N–H and O–H groups in total. The highest BCUT2D eigenvalue weighted by atomic mass is 16.5. The van der Waals surface area contributed by atoms with E-state index in [4.69, 9.17) is 9.47 Å². The number of hydrogen-bond donors (Lipinski definition) is 1. The second kappa shape index (κ2) is 6.54. The summed E-state index contributed by atoms with van der Waals surface area (Å²) >= 11 is 0. The van der Waals surface area contributed by atoms with Gasteiger partial charge in [-0.15, -0.1) is 0 Å². The van der Waals surface area contributed by atoms with Crippen molar-refractivity contribution in [2.45, 2.75) is 6.04 Å². The molecule has 1 unspecified atom stereocenters. The Kier molecular flexibility index (Phi) is 4.76. The number of ether oxygens (including phenoxy) is 2.